The van der Waals surface area contributed by atoms with E-state index >= 15 is 0 Å². The molecule has 1 aromatic rings. The van der Waals surface area contributed by atoms with Crippen LogP contribution in [0.15, 0.2) is 30.3 Å². The summed E-state index contributed by atoms with van der Waals surface area (Å²) in [5, 5.41) is 13.4. The molecule has 15 heavy (non-hydrogen) atoms. The second-order valence-electron chi connectivity index (χ2n) is 4.91. The zero-order valence-electron chi connectivity index (χ0n) is 9.40. The van der Waals surface area contributed by atoms with Crippen molar-refractivity contribution in [3.63, 3.8) is 0 Å². The first-order chi connectivity index (χ1) is 7.07. The molecule has 1 saturated heterocycles. The second-order valence-corrected chi connectivity index (χ2v) is 4.91. The third kappa shape index (κ3) is 2.39. The summed E-state index contributed by atoms with van der Waals surface area (Å²) in [7, 11) is 0. The van der Waals surface area contributed by atoms with Gasteiger partial charge in [0, 0.05) is 12.1 Å². The summed E-state index contributed by atoms with van der Waals surface area (Å²) in [6.07, 6.45) is 2.15. The molecular weight excluding hydrogens is 186 g/mol. The third-order valence-electron chi connectivity index (χ3n) is 3.20. The van der Waals surface area contributed by atoms with Crippen LogP contribution in [0.4, 0.5) is 0 Å². The van der Waals surface area contributed by atoms with Crippen LogP contribution in [0.3, 0.4) is 0 Å². The first kappa shape index (κ1) is 10.7. The molecule has 1 aliphatic heterocycles. The molecule has 2 unspecified atom stereocenters. The van der Waals surface area contributed by atoms with Crippen molar-refractivity contribution in [2.75, 3.05) is 0 Å². The molecule has 1 fully saturated rings. The molecular formula is C13H19NO. The predicted molar refractivity (Wildman–Crippen MR) is 61.6 cm³/mol. The Kier molecular flexibility index (Phi) is 2.81. The highest BCUT2D eigenvalue weighted by Crippen LogP contribution is 2.30. The maximum absolute atomic E-state index is 9.92. The van der Waals surface area contributed by atoms with Gasteiger partial charge in [0.05, 0.1) is 5.60 Å². The largest absolute Gasteiger partial charge is 0.389 e. The molecule has 2 nitrogen and oxygen atoms in total. The topological polar surface area (TPSA) is 32.3 Å². The maximum atomic E-state index is 9.92. The standard InChI is InChI=1S/C13H19NO/c1-13(2,15)12-9-8-11(14-12)10-6-4-3-5-7-10/h3-7,11-12,14-15H,8-9H2,1-2H3. The van der Waals surface area contributed by atoms with Crippen molar-refractivity contribution in [1.29, 1.82) is 0 Å². The van der Waals surface area contributed by atoms with Crippen molar-refractivity contribution in [3.05, 3.63) is 35.9 Å². The summed E-state index contributed by atoms with van der Waals surface area (Å²) in [5.74, 6) is 0. The van der Waals surface area contributed by atoms with Crippen molar-refractivity contribution in [1.82, 2.24) is 5.32 Å². The number of benzene rings is 1. The normalized spacial score (nSPS) is 26.9. The number of nitrogens with one attached hydrogen (secondary N) is 1. The highest BCUT2D eigenvalue weighted by atomic mass is 16.3. The van der Waals surface area contributed by atoms with Gasteiger partial charge in [0.1, 0.15) is 0 Å². The van der Waals surface area contributed by atoms with Gasteiger partial charge in [-0.2, -0.15) is 0 Å². The van der Waals surface area contributed by atoms with Crippen LogP contribution in [0.1, 0.15) is 38.3 Å². The van der Waals surface area contributed by atoms with E-state index in [1.807, 2.05) is 19.9 Å². The highest BCUT2D eigenvalue weighted by Gasteiger charge is 2.34. The molecule has 2 rings (SSSR count). The Bertz CT molecular complexity index is 315. The lowest BCUT2D eigenvalue weighted by atomic mass is 9.98. The van der Waals surface area contributed by atoms with Crippen LogP contribution in [0.2, 0.25) is 0 Å². The van der Waals surface area contributed by atoms with Crippen molar-refractivity contribution in [2.24, 2.45) is 0 Å². The average molecular weight is 205 g/mol. The highest BCUT2D eigenvalue weighted by molar-refractivity contribution is 5.20. The van der Waals surface area contributed by atoms with Gasteiger partial charge in [-0.25, -0.2) is 0 Å². The van der Waals surface area contributed by atoms with E-state index in [0.29, 0.717) is 6.04 Å². The summed E-state index contributed by atoms with van der Waals surface area (Å²) in [6.45, 7) is 3.75. The fourth-order valence-electron chi connectivity index (χ4n) is 2.25. The van der Waals surface area contributed by atoms with E-state index in [4.69, 9.17) is 0 Å². The lowest BCUT2D eigenvalue weighted by Crippen LogP contribution is -2.43. The van der Waals surface area contributed by atoms with Gasteiger partial charge in [0.15, 0.2) is 0 Å². The fourth-order valence-corrected chi connectivity index (χ4v) is 2.25. The van der Waals surface area contributed by atoms with Crippen molar-refractivity contribution >= 4 is 0 Å². The lowest BCUT2D eigenvalue weighted by Gasteiger charge is -2.26. The molecule has 0 saturated carbocycles. The van der Waals surface area contributed by atoms with Gasteiger partial charge in [-0.15, -0.1) is 0 Å². The zero-order valence-corrected chi connectivity index (χ0v) is 9.40. The Morgan fingerprint density at radius 2 is 1.87 bits per heavy atom. The zero-order chi connectivity index (χ0) is 10.9. The molecule has 82 valence electrons. The molecule has 0 amide bonds. The van der Waals surface area contributed by atoms with Crippen LogP contribution in [0.25, 0.3) is 0 Å². The number of hydrogen-bond donors (Lipinski definition) is 2. The first-order valence-electron chi connectivity index (χ1n) is 5.61. The molecule has 2 N–H and O–H groups in total. The van der Waals surface area contributed by atoms with Crippen LogP contribution < -0.4 is 5.32 Å². The molecule has 2 heteroatoms. The fraction of sp³-hybridized carbons (Fsp3) is 0.538. The monoisotopic (exact) mass is 205 g/mol. The third-order valence-corrected chi connectivity index (χ3v) is 3.20. The summed E-state index contributed by atoms with van der Waals surface area (Å²) in [5.41, 5.74) is 0.702. The maximum Gasteiger partial charge on any atom is 0.0744 e. The average Bonchev–Trinajstić information content (AvgIpc) is 2.67. The Labute approximate surface area is 91.3 Å². The van der Waals surface area contributed by atoms with E-state index in [-0.39, 0.29) is 6.04 Å². The van der Waals surface area contributed by atoms with E-state index in [2.05, 4.69) is 29.6 Å². The van der Waals surface area contributed by atoms with E-state index in [1.54, 1.807) is 0 Å². The number of rotatable bonds is 2. The molecule has 0 bridgehead atoms. The van der Waals surface area contributed by atoms with Gasteiger partial charge in [0.25, 0.3) is 0 Å². The minimum absolute atomic E-state index is 0.211. The van der Waals surface area contributed by atoms with Gasteiger partial charge in [-0.05, 0) is 32.3 Å². The minimum Gasteiger partial charge on any atom is -0.389 e. The molecule has 0 aromatic heterocycles. The van der Waals surface area contributed by atoms with Gasteiger partial charge >= 0.3 is 0 Å². The molecule has 1 heterocycles. The van der Waals surface area contributed by atoms with E-state index in [9.17, 15) is 5.11 Å². The van der Waals surface area contributed by atoms with Crippen LogP contribution in [-0.2, 0) is 0 Å². The molecule has 0 spiro atoms. The quantitative estimate of drug-likeness (QED) is 0.776. The van der Waals surface area contributed by atoms with Crippen molar-refractivity contribution < 1.29 is 5.11 Å². The Hall–Kier alpha value is -0.860. The molecule has 0 radical (unpaired) electrons. The summed E-state index contributed by atoms with van der Waals surface area (Å²) < 4.78 is 0. The first-order valence-corrected chi connectivity index (χ1v) is 5.61. The summed E-state index contributed by atoms with van der Waals surface area (Å²) in [4.78, 5) is 0. The molecule has 1 aromatic carbocycles. The minimum atomic E-state index is -0.621. The molecule has 2 atom stereocenters. The van der Waals surface area contributed by atoms with E-state index < -0.39 is 5.60 Å². The second kappa shape index (κ2) is 3.95. The van der Waals surface area contributed by atoms with Gasteiger partial charge in [0.2, 0.25) is 0 Å². The van der Waals surface area contributed by atoms with Crippen LogP contribution in [-0.4, -0.2) is 16.7 Å². The molecule has 0 aliphatic carbocycles. The Balaban J connectivity index is 2.05. The lowest BCUT2D eigenvalue weighted by molar-refractivity contribution is 0.0432. The summed E-state index contributed by atoms with van der Waals surface area (Å²) >= 11 is 0. The predicted octanol–water partition coefficient (Wildman–Crippen LogP) is 2.25. The number of aliphatic hydroxyl groups is 1. The van der Waals surface area contributed by atoms with Gasteiger partial charge < -0.3 is 10.4 Å². The SMILES string of the molecule is CC(C)(O)C1CCC(c2ccccc2)N1. The van der Waals surface area contributed by atoms with Crippen molar-refractivity contribution in [2.45, 2.75) is 44.4 Å². The number of hydrogen-bond acceptors (Lipinski definition) is 2. The smallest absolute Gasteiger partial charge is 0.0744 e. The van der Waals surface area contributed by atoms with Crippen LogP contribution in [0, 0.1) is 0 Å². The van der Waals surface area contributed by atoms with E-state index in [1.165, 1.54) is 5.56 Å². The Morgan fingerprint density at radius 3 is 2.40 bits per heavy atom. The van der Waals surface area contributed by atoms with Crippen LogP contribution >= 0.6 is 0 Å². The molecule has 1 aliphatic rings. The van der Waals surface area contributed by atoms with Crippen LogP contribution in [0.5, 0.6) is 0 Å². The summed E-state index contributed by atoms with van der Waals surface area (Å²) in [6, 6.07) is 11.1. The van der Waals surface area contributed by atoms with Gasteiger partial charge in [-0.3, -0.25) is 0 Å². The van der Waals surface area contributed by atoms with E-state index in [0.717, 1.165) is 12.8 Å². The Morgan fingerprint density at radius 1 is 1.20 bits per heavy atom. The van der Waals surface area contributed by atoms with Crippen molar-refractivity contribution in [3.8, 4) is 0 Å². The van der Waals surface area contributed by atoms with Gasteiger partial charge in [-0.1, -0.05) is 30.3 Å².